The molecule has 1 saturated heterocycles. The lowest BCUT2D eigenvalue weighted by molar-refractivity contribution is -0.146. The molecule has 0 unspecified atom stereocenters. The number of hydrogen-bond acceptors (Lipinski definition) is 6. The van der Waals surface area contributed by atoms with E-state index in [2.05, 4.69) is 10.2 Å². The number of aliphatic carboxylic acids is 1. The molecule has 1 fully saturated rings. The summed E-state index contributed by atoms with van der Waals surface area (Å²) in [4.78, 5) is 25.9. The highest BCUT2D eigenvalue weighted by Crippen LogP contribution is 2.30. The number of carboxylic acids is 1. The van der Waals surface area contributed by atoms with Gasteiger partial charge in [0.2, 0.25) is 15.9 Å². The first kappa shape index (κ1) is 21.7. The quantitative estimate of drug-likeness (QED) is 0.698. The molecule has 2 aromatic rings. The Morgan fingerprint density at radius 2 is 1.70 bits per heavy atom. The number of aromatic nitrogens is 3. The van der Waals surface area contributed by atoms with Crippen LogP contribution >= 0.6 is 0 Å². The van der Waals surface area contributed by atoms with Gasteiger partial charge in [0.1, 0.15) is 12.6 Å². The Labute approximate surface area is 168 Å². The molecule has 0 bridgehead atoms. The largest absolute Gasteiger partial charge is 0.480 e. The van der Waals surface area contributed by atoms with Gasteiger partial charge in [-0.15, -0.1) is 0 Å². The van der Waals surface area contributed by atoms with Crippen molar-refractivity contribution in [1.82, 2.24) is 24.2 Å². The molecule has 1 N–H and O–H groups in total. The Morgan fingerprint density at radius 3 is 2.23 bits per heavy atom. The zero-order chi connectivity index (χ0) is 22.1. The molecule has 0 spiro atoms. The van der Waals surface area contributed by atoms with Crippen molar-refractivity contribution in [1.29, 1.82) is 0 Å². The van der Waals surface area contributed by atoms with Crippen LogP contribution in [0, 0.1) is 0 Å². The van der Waals surface area contributed by atoms with Gasteiger partial charge in [-0.05, 0) is 24.3 Å². The standard InChI is InChI=1S/C16H16F3N5O5S/c17-16(18,19)11-1-3-12(4-2-11)30(28,29)23-8-7-22(9-13(23)15(26)27)14(25)10-24-20-5-6-21-24/h1-6,13H,7-10H2,(H,26,27)/t13-/m1/s1. The van der Waals surface area contributed by atoms with Crippen LogP contribution in [0.15, 0.2) is 41.6 Å². The van der Waals surface area contributed by atoms with Crippen LogP contribution in [0.4, 0.5) is 13.2 Å². The number of hydrogen-bond donors (Lipinski definition) is 1. The van der Waals surface area contributed by atoms with Gasteiger partial charge >= 0.3 is 12.1 Å². The van der Waals surface area contributed by atoms with Crippen LogP contribution in [0.5, 0.6) is 0 Å². The van der Waals surface area contributed by atoms with E-state index in [1.165, 1.54) is 17.3 Å². The maximum absolute atomic E-state index is 12.8. The van der Waals surface area contributed by atoms with E-state index in [0.717, 1.165) is 16.9 Å². The van der Waals surface area contributed by atoms with Crippen LogP contribution in [0.3, 0.4) is 0 Å². The molecule has 1 amide bonds. The number of sulfonamides is 1. The lowest BCUT2D eigenvalue weighted by Crippen LogP contribution is -2.59. The van der Waals surface area contributed by atoms with Crippen molar-refractivity contribution < 1.29 is 36.3 Å². The second-order valence-corrected chi connectivity index (χ2v) is 8.28. The fourth-order valence-electron chi connectivity index (χ4n) is 2.98. The molecule has 0 saturated carbocycles. The van der Waals surface area contributed by atoms with E-state index < -0.39 is 51.1 Å². The van der Waals surface area contributed by atoms with Gasteiger partial charge in [0.25, 0.3) is 0 Å². The van der Waals surface area contributed by atoms with Crippen LogP contribution in [-0.4, -0.2) is 75.3 Å². The second-order valence-electron chi connectivity index (χ2n) is 6.39. The minimum atomic E-state index is -4.64. The molecule has 10 nitrogen and oxygen atoms in total. The van der Waals surface area contributed by atoms with Crippen molar-refractivity contribution in [3.8, 4) is 0 Å². The van der Waals surface area contributed by atoms with Crippen molar-refractivity contribution in [3.05, 3.63) is 42.2 Å². The smallest absolute Gasteiger partial charge is 0.416 e. The molecule has 2 heterocycles. The Hall–Kier alpha value is -3.00. The Morgan fingerprint density at radius 1 is 1.10 bits per heavy atom. The van der Waals surface area contributed by atoms with Crippen molar-refractivity contribution >= 4 is 21.9 Å². The topological polar surface area (TPSA) is 126 Å². The normalized spacial score (nSPS) is 18.4. The number of carbonyl (C=O) groups is 2. The molecule has 0 aliphatic carbocycles. The van der Waals surface area contributed by atoms with E-state index in [1.54, 1.807) is 0 Å². The van der Waals surface area contributed by atoms with E-state index in [1.807, 2.05) is 0 Å². The number of carboxylic acid groups (broad SMARTS) is 1. The number of piperazine rings is 1. The molecule has 162 valence electrons. The molecule has 0 radical (unpaired) electrons. The van der Waals surface area contributed by atoms with E-state index in [0.29, 0.717) is 16.4 Å². The van der Waals surface area contributed by atoms with Gasteiger partial charge in [0.05, 0.1) is 22.9 Å². The van der Waals surface area contributed by atoms with Crippen molar-refractivity contribution in [3.63, 3.8) is 0 Å². The molecule has 1 aliphatic heterocycles. The Balaban J connectivity index is 1.79. The Bertz CT molecular complexity index is 1020. The van der Waals surface area contributed by atoms with Crippen LogP contribution in [-0.2, 0) is 32.3 Å². The lowest BCUT2D eigenvalue weighted by atomic mass is 10.2. The van der Waals surface area contributed by atoms with Crippen LogP contribution < -0.4 is 0 Å². The predicted octanol–water partition coefficient (Wildman–Crippen LogP) is 0.283. The number of rotatable bonds is 5. The maximum atomic E-state index is 12.8. The Kier molecular flexibility index (Phi) is 5.81. The van der Waals surface area contributed by atoms with Gasteiger partial charge in [-0.2, -0.15) is 32.5 Å². The van der Waals surface area contributed by atoms with Gasteiger partial charge in [0.15, 0.2) is 0 Å². The van der Waals surface area contributed by atoms with Crippen molar-refractivity contribution in [2.24, 2.45) is 0 Å². The first-order valence-corrected chi connectivity index (χ1v) is 9.98. The van der Waals surface area contributed by atoms with Gasteiger partial charge in [-0.25, -0.2) is 8.42 Å². The zero-order valence-corrected chi connectivity index (χ0v) is 16.0. The summed E-state index contributed by atoms with van der Waals surface area (Å²) in [7, 11) is -4.40. The monoisotopic (exact) mass is 447 g/mol. The lowest BCUT2D eigenvalue weighted by Gasteiger charge is -2.38. The summed E-state index contributed by atoms with van der Waals surface area (Å²) in [6.07, 6.45) is -1.91. The van der Waals surface area contributed by atoms with E-state index in [4.69, 9.17) is 0 Å². The minimum absolute atomic E-state index is 0.0935. The average molecular weight is 447 g/mol. The first-order chi connectivity index (χ1) is 14.0. The third-order valence-electron chi connectivity index (χ3n) is 4.50. The number of nitrogens with zero attached hydrogens (tertiary/aromatic N) is 5. The summed E-state index contributed by atoms with van der Waals surface area (Å²) in [5.41, 5.74) is -1.03. The number of alkyl halides is 3. The molecule has 14 heteroatoms. The fourth-order valence-corrected chi connectivity index (χ4v) is 4.54. The van der Waals surface area contributed by atoms with Crippen LogP contribution in [0.1, 0.15) is 5.56 Å². The van der Waals surface area contributed by atoms with Gasteiger partial charge in [-0.1, -0.05) is 0 Å². The molecule has 1 atom stereocenters. The van der Waals surface area contributed by atoms with Gasteiger partial charge in [0, 0.05) is 19.6 Å². The fraction of sp³-hybridized carbons (Fsp3) is 0.375. The molecule has 1 aromatic carbocycles. The molecular formula is C16H16F3N5O5S. The van der Waals surface area contributed by atoms with Crippen molar-refractivity contribution in [2.75, 3.05) is 19.6 Å². The number of halogens is 3. The number of amides is 1. The van der Waals surface area contributed by atoms with E-state index in [-0.39, 0.29) is 19.6 Å². The highest BCUT2D eigenvalue weighted by atomic mass is 32.2. The SMILES string of the molecule is O=C(O)[C@H]1CN(C(=O)Cn2nccn2)CCN1S(=O)(=O)c1ccc(C(F)(F)F)cc1. The predicted molar refractivity (Wildman–Crippen MR) is 93.4 cm³/mol. The third-order valence-corrected chi connectivity index (χ3v) is 6.42. The third kappa shape index (κ3) is 4.43. The average Bonchev–Trinajstić information content (AvgIpc) is 3.20. The molecule has 1 aliphatic rings. The maximum Gasteiger partial charge on any atom is 0.416 e. The zero-order valence-electron chi connectivity index (χ0n) is 15.2. The van der Waals surface area contributed by atoms with E-state index in [9.17, 15) is 36.3 Å². The molecule has 3 rings (SSSR count). The van der Waals surface area contributed by atoms with Crippen LogP contribution in [0.2, 0.25) is 0 Å². The summed E-state index contributed by atoms with van der Waals surface area (Å²) in [5.74, 6) is -1.98. The van der Waals surface area contributed by atoms with Crippen LogP contribution in [0.25, 0.3) is 0 Å². The summed E-state index contributed by atoms with van der Waals surface area (Å²) in [5, 5.41) is 17.1. The first-order valence-electron chi connectivity index (χ1n) is 8.54. The summed E-state index contributed by atoms with van der Waals surface area (Å²) in [6, 6.07) is 1.18. The summed E-state index contributed by atoms with van der Waals surface area (Å²) < 4.78 is 64.5. The van der Waals surface area contributed by atoms with Gasteiger partial charge in [-0.3, -0.25) is 9.59 Å². The molecule has 30 heavy (non-hydrogen) atoms. The minimum Gasteiger partial charge on any atom is -0.480 e. The van der Waals surface area contributed by atoms with Gasteiger partial charge < -0.3 is 10.0 Å². The second kappa shape index (κ2) is 8.02. The molecular weight excluding hydrogens is 431 g/mol. The number of carbonyl (C=O) groups excluding carboxylic acids is 1. The summed E-state index contributed by atoms with van der Waals surface area (Å²) in [6.45, 7) is -1.09. The van der Waals surface area contributed by atoms with Crippen molar-refractivity contribution in [2.45, 2.75) is 23.7 Å². The highest BCUT2D eigenvalue weighted by molar-refractivity contribution is 7.89. The molecule has 1 aromatic heterocycles. The number of benzene rings is 1. The summed E-state index contributed by atoms with van der Waals surface area (Å²) >= 11 is 0. The highest BCUT2D eigenvalue weighted by Gasteiger charge is 2.41. The van der Waals surface area contributed by atoms with E-state index >= 15 is 0 Å².